The standard InChI is InChI=1S/C24H38INO3Si/c1-9-28-22(27)19-20(25)18-16(26-21(19)15(2)3)13-24(11-10-12-24)14-17(18)29-30(7,8)23(4,5)6/h15,17H,9-14H2,1-8H3/t17-/m0/s1. The van der Waals surface area contributed by atoms with E-state index in [9.17, 15) is 4.79 Å². The lowest BCUT2D eigenvalue weighted by Crippen LogP contribution is -2.46. The number of carbonyl (C=O) groups is 1. The maximum absolute atomic E-state index is 12.9. The van der Waals surface area contributed by atoms with Gasteiger partial charge in [0.1, 0.15) is 0 Å². The number of pyridine rings is 1. The van der Waals surface area contributed by atoms with E-state index >= 15 is 0 Å². The molecule has 1 heterocycles. The number of hydrogen-bond donors (Lipinski definition) is 0. The van der Waals surface area contributed by atoms with Crippen LogP contribution in [0, 0.1) is 8.99 Å². The quantitative estimate of drug-likeness (QED) is 0.225. The number of rotatable bonds is 5. The van der Waals surface area contributed by atoms with Crippen LogP contribution in [-0.2, 0) is 15.6 Å². The average molecular weight is 544 g/mol. The molecule has 0 amide bonds. The molecule has 2 aliphatic carbocycles. The molecule has 1 atom stereocenters. The fraction of sp³-hybridized carbons (Fsp3) is 0.750. The molecular formula is C24H38INO3Si. The molecule has 4 nitrogen and oxygen atoms in total. The minimum absolute atomic E-state index is 0.0173. The number of halogens is 1. The monoisotopic (exact) mass is 543 g/mol. The molecule has 1 saturated carbocycles. The van der Waals surface area contributed by atoms with Gasteiger partial charge in [-0.05, 0) is 84.7 Å². The minimum atomic E-state index is -1.98. The first kappa shape index (κ1) is 24.2. The van der Waals surface area contributed by atoms with E-state index in [1.54, 1.807) is 0 Å². The van der Waals surface area contributed by atoms with Gasteiger partial charge in [0.2, 0.25) is 0 Å². The van der Waals surface area contributed by atoms with Crippen molar-refractivity contribution in [2.24, 2.45) is 5.41 Å². The van der Waals surface area contributed by atoms with Crippen LogP contribution in [0.2, 0.25) is 18.1 Å². The Bertz CT molecular complexity index is 825. The van der Waals surface area contributed by atoms with Gasteiger partial charge in [-0.3, -0.25) is 4.98 Å². The lowest BCUT2D eigenvalue weighted by molar-refractivity contribution is 0.0293. The van der Waals surface area contributed by atoms with Crippen molar-refractivity contribution in [2.45, 2.75) is 104 Å². The van der Waals surface area contributed by atoms with Crippen molar-refractivity contribution in [2.75, 3.05) is 6.61 Å². The molecule has 1 aromatic heterocycles. The number of esters is 1. The highest BCUT2D eigenvalue weighted by Gasteiger charge is 2.49. The number of carbonyl (C=O) groups excluding carboxylic acids is 1. The van der Waals surface area contributed by atoms with Gasteiger partial charge in [0.15, 0.2) is 8.32 Å². The van der Waals surface area contributed by atoms with E-state index in [1.165, 1.54) is 19.3 Å². The van der Waals surface area contributed by atoms with Crippen molar-refractivity contribution in [3.05, 3.63) is 26.1 Å². The Hall–Kier alpha value is -0.473. The van der Waals surface area contributed by atoms with Crippen molar-refractivity contribution in [1.82, 2.24) is 4.98 Å². The van der Waals surface area contributed by atoms with Crippen LogP contribution in [0.4, 0.5) is 0 Å². The zero-order valence-electron chi connectivity index (χ0n) is 19.9. The zero-order chi connectivity index (χ0) is 22.5. The summed E-state index contributed by atoms with van der Waals surface area (Å²) in [5.74, 6) is -0.0850. The van der Waals surface area contributed by atoms with Gasteiger partial charge in [0.25, 0.3) is 0 Å². The summed E-state index contributed by atoms with van der Waals surface area (Å²) in [6.45, 7) is 18.0. The number of aromatic nitrogens is 1. The Balaban J connectivity index is 2.16. The molecule has 168 valence electrons. The van der Waals surface area contributed by atoms with Crippen LogP contribution in [0.1, 0.15) is 107 Å². The third kappa shape index (κ3) is 4.38. The second-order valence-corrected chi connectivity index (χ2v) is 16.9. The molecule has 0 aromatic carbocycles. The predicted molar refractivity (Wildman–Crippen MR) is 133 cm³/mol. The van der Waals surface area contributed by atoms with Crippen molar-refractivity contribution >= 4 is 36.9 Å². The van der Waals surface area contributed by atoms with Gasteiger partial charge in [0.05, 0.1) is 24.0 Å². The summed E-state index contributed by atoms with van der Waals surface area (Å²) in [6.07, 6.45) is 5.91. The number of nitrogens with zero attached hydrogens (tertiary/aromatic N) is 1. The molecule has 3 rings (SSSR count). The Morgan fingerprint density at radius 2 is 1.93 bits per heavy atom. The smallest absolute Gasteiger partial charge is 0.341 e. The second-order valence-electron chi connectivity index (χ2n) is 11.0. The van der Waals surface area contributed by atoms with E-state index in [1.807, 2.05) is 6.92 Å². The number of ether oxygens (including phenoxy) is 1. The number of fused-ring (bicyclic) bond motifs is 1. The van der Waals surface area contributed by atoms with Gasteiger partial charge < -0.3 is 9.16 Å². The molecule has 1 fully saturated rings. The first-order chi connectivity index (χ1) is 13.8. The summed E-state index contributed by atoms with van der Waals surface area (Å²) in [4.78, 5) is 18.0. The summed E-state index contributed by atoms with van der Waals surface area (Å²) >= 11 is 2.36. The van der Waals surface area contributed by atoms with Gasteiger partial charge in [-0.25, -0.2) is 4.79 Å². The second kappa shape index (κ2) is 8.47. The molecule has 1 spiro atoms. The summed E-state index contributed by atoms with van der Waals surface area (Å²) in [7, 11) is -1.98. The van der Waals surface area contributed by atoms with Gasteiger partial charge in [-0.1, -0.05) is 41.0 Å². The molecule has 0 radical (unpaired) electrons. The van der Waals surface area contributed by atoms with Crippen LogP contribution in [0.3, 0.4) is 0 Å². The van der Waals surface area contributed by atoms with Crippen LogP contribution in [-0.4, -0.2) is 25.9 Å². The van der Waals surface area contributed by atoms with Gasteiger partial charge in [-0.2, -0.15) is 0 Å². The summed E-state index contributed by atoms with van der Waals surface area (Å²) in [5, 5.41) is 0.137. The van der Waals surface area contributed by atoms with Crippen molar-refractivity contribution < 1.29 is 14.0 Å². The zero-order valence-corrected chi connectivity index (χ0v) is 23.1. The van der Waals surface area contributed by atoms with E-state index in [0.717, 1.165) is 33.4 Å². The molecule has 1 aromatic rings. The lowest BCUT2D eigenvalue weighted by Gasteiger charge is -2.50. The topological polar surface area (TPSA) is 48.4 Å². The Labute approximate surface area is 197 Å². The van der Waals surface area contributed by atoms with E-state index in [2.05, 4.69) is 70.3 Å². The molecule has 0 saturated heterocycles. The predicted octanol–water partition coefficient (Wildman–Crippen LogP) is 7.17. The van der Waals surface area contributed by atoms with Crippen molar-refractivity contribution in [3.8, 4) is 0 Å². The largest absolute Gasteiger partial charge is 0.462 e. The highest BCUT2D eigenvalue weighted by Crippen LogP contribution is 2.56. The van der Waals surface area contributed by atoms with Crippen LogP contribution in [0.25, 0.3) is 0 Å². The Kier molecular flexibility index (Phi) is 6.82. The first-order valence-corrected chi connectivity index (χ1v) is 15.4. The Morgan fingerprint density at radius 1 is 1.30 bits per heavy atom. The molecule has 0 bridgehead atoms. The normalized spacial score (nSPS) is 20.8. The van der Waals surface area contributed by atoms with Crippen LogP contribution in [0.15, 0.2) is 0 Å². The summed E-state index contributed by atoms with van der Waals surface area (Å²) < 4.78 is 13.5. The van der Waals surface area contributed by atoms with Gasteiger partial charge >= 0.3 is 5.97 Å². The maximum Gasteiger partial charge on any atom is 0.341 e. The van der Waals surface area contributed by atoms with E-state index in [-0.39, 0.29) is 23.0 Å². The highest BCUT2D eigenvalue weighted by atomic mass is 127. The minimum Gasteiger partial charge on any atom is -0.462 e. The molecule has 0 N–H and O–H groups in total. The maximum atomic E-state index is 12.9. The molecule has 6 heteroatoms. The van der Waals surface area contributed by atoms with Crippen molar-refractivity contribution in [3.63, 3.8) is 0 Å². The highest BCUT2D eigenvalue weighted by molar-refractivity contribution is 14.1. The fourth-order valence-electron chi connectivity index (χ4n) is 4.53. The van der Waals surface area contributed by atoms with Gasteiger partial charge in [-0.15, -0.1) is 0 Å². The van der Waals surface area contributed by atoms with Crippen LogP contribution in [0.5, 0.6) is 0 Å². The fourth-order valence-corrected chi connectivity index (χ4v) is 6.95. The van der Waals surface area contributed by atoms with E-state index in [4.69, 9.17) is 14.1 Å². The summed E-state index contributed by atoms with van der Waals surface area (Å²) in [6, 6.07) is 0. The first-order valence-electron chi connectivity index (χ1n) is 11.4. The SMILES string of the molecule is CCOC(=O)c1c(C(C)C)nc2c(c1I)[C@@H](O[Si](C)(C)C(C)(C)C)CC1(CCC1)C2. The van der Waals surface area contributed by atoms with E-state index < -0.39 is 8.32 Å². The van der Waals surface area contributed by atoms with Crippen LogP contribution >= 0.6 is 22.6 Å². The Morgan fingerprint density at radius 3 is 2.40 bits per heavy atom. The molecule has 0 unspecified atom stereocenters. The van der Waals surface area contributed by atoms with Gasteiger partial charge in [0, 0.05) is 14.8 Å². The van der Waals surface area contributed by atoms with Crippen LogP contribution < -0.4 is 0 Å². The molecule has 0 aliphatic heterocycles. The third-order valence-corrected chi connectivity index (χ3v) is 13.1. The number of hydrogen-bond acceptors (Lipinski definition) is 4. The molecule has 30 heavy (non-hydrogen) atoms. The third-order valence-electron chi connectivity index (χ3n) is 7.44. The van der Waals surface area contributed by atoms with Crippen molar-refractivity contribution in [1.29, 1.82) is 0 Å². The lowest BCUT2D eigenvalue weighted by atomic mass is 9.60. The van der Waals surface area contributed by atoms with E-state index in [0.29, 0.717) is 17.6 Å². The average Bonchev–Trinajstić information content (AvgIpc) is 2.58. The molecule has 2 aliphatic rings. The summed E-state index contributed by atoms with van der Waals surface area (Å²) in [5.41, 5.74) is 4.17. The molecular weight excluding hydrogens is 505 g/mol.